The van der Waals surface area contributed by atoms with Crippen LogP contribution in [0.2, 0.25) is 0 Å². The van der Waals surface area contributed by atoms with E-state index in [2.05, 4.69) is 15.3 Å². The number of aryl methyl sites for hydroxylation is 1. The number of amides is 2. The highest BCUT2D eigenvalue weighted by Gasteiger charge is 2.36. The van der Waals surface area contributed by atoms with Crippen LogP contribution in [0.25, 0.3) is 0 Å². The van der Waals surface area contributed by atoms with Crippen molar-refractivity contribution in [2.45, 2.75) is 31.0 Å². The van der Waals surface area contributed by atoms with Crippen LogP contribution in [0.5, 0.6) is 5.75 Å². The van der Waals surface area contributed by atoms with Crippen LogP contribution in [0.4, 0.5) is 5.69 Å². The Morgan fingerprint density at radius 2 is 2.00 bits per heavy atom. The van der Waals surface area contributed by atoms with Gasteiger partial charge in [-0.1, -0.05) is 13.0 Å². The van der Waals surface area contributed by atoms with Crippen molar-refractivity contribution in [2.24, 2.45) is 13.0 Å². The van der Waals surface area contributed by atoms with Crippen LogP contribution in [0.3, 0.4) is 0 Å². The lowest BCUT2D eigenvalue weighted by Crippen LogP contribution is -2.50. The summed E-state index contributed by atoms with van der Waals surface area (Å²) in [5, 5.41) is 12.6. The number of hydrogen-bond donors (Lipinski definition) is 2. The lowest BCUT2D eigenvalue weighted by atomic mass is 9.99. The van der Waals surface area contributed by atoms with Crippen molar-refractivity contribution in [2.75, 3.05) is 32.1 Å². The number of aliphatic hydroxyl groups is 1. The van der Waals surface area contributed by atoms with Gasteiger partial charge in [0.05, 0.1) is 36.8 Å². The number of carbonyl (C=O) groups excluding carboxylic acids is 2. The second kappa shape index (κ2) is 11.5. The molecule has 12 nitrogen and oxygen atoms in total. The van der Waals surface area contributed by atoms with E-state index in [1.165, 1.54) is 32.0 Å². The van der Waals surface area contributed by atoms with Crippen molar-refractivity contribution in [1.82, 2.24) is 23.7 Å². The number of rotatable bonds is 8. The third-order valence-corrected chi connectivity index (χ3v) is 8.38. The molecule has 1 aliphatic heterocycles. The van der Waals surface area contributed by atoms with Crippen molar-refractivity contribution in [3.8, 4) is 5.75 Å². The molecule has 2 amide bonds. The van der Waals surface area contributed by atoms with E-state index < -0.39 is 28.1 Å². The Kier molecular flexibility index (Phi) is 8.33. The third-order valence-electron chi connectivity index (χ3n) is 6.67. The summed E-state index contributed by atoms with van der Waals surface area (Å²) in [6, 6.07) is 7.43. The van der Waals surface area contributed by atoms with Gasteiger partial charge in [0.25, 0.3) is 21.8 Å². The maximum atomic E-state index is 13.6. The van der Waals surface area contributed by atoms with Gasteiger partial charge in [0.15, 0.2) is 10.8 Å². The van der Waals surface area contributed by atoms with Crippen LogP contribution in [0, 0.1) is 5.92 Å². The summed E-state index contributed by atoms with van der Waals surface area (Å²) in [5.74, 6) is -1.02. The van der Waals surface area contributed by atoms with E-state index in [0.717, 1.165) is 4.31 Å². The normalized spacial score (nSPS) is 18.6. The second-order valence-corrected chi connectivity index (χ2v) is 11.6. The van der Waals surface area contributed by atoms with Crippen LogP contribution >= 0.6 is 0 Å². The fraction of sp³-hybridized carbons (Fsp3) is 0.385. The van der Waals surface area contributed by atoms with Gasteiger partial charge >= 0.3 is 0 Å². The predicted molar refractivity (Wildman–Crippen MR) is 143 cm³/mol. The van der Waals surface area contributed by atoms with Crippen molar-refractivity contribution >= 4 is 27.5 Å². The molecule has 2 N–H and O–H groups in total. The number of ether oxygens (including phenoxy) is 1. The van der Waals surface area contributed by atoms with Crippen LogP contribution < -0.4 is 10.1 Å². The molecule has 0 radical (unpaired) electrons. The molecule has 3 aromatic rings. The van der Waals surface area contributed by atoms with E-state index in [-0.39, 0.29) is 53.5 Å². The molecule has 2 aromatic heterocycles. The summed E-state index contributed by atoms with van der Waals surface area (Å²) in [4.78, 5) is 36.0. The summed E-state index contributed by atoms with van der Waals surface area (Å²) in [7, 11) is -0.805. The minimum Gasteiger partial charge on any atom is -0.486 e. The number of fused-ring (bicyclic) bond motifs is 1. The molecule has 3 atom stereocenters. The summed E-state index contributed by atoms with van der Waals surface area (Å²) in [5.41, 5.74) is 0.810. The van der Waals surface area contributed by atoms with Crippen molar-refractivity contribution in [3.63, 3.8) is 0 Å². The highest BCUT2D eigenvalue weighted by molar-refractivity contribution is 7.89. The maximum absolute atomic E-state index is 13.6. The van der Waals surface area contributed by atoms with E-state index in [9.17, 15) is 23.1 Å². The van der Waals surface area contributed by atoms with Gasteiger partial charge in [0.1, 0.15) is 6.10 Å². The highest BCUT2D eigenvalue weighted by atomic mass is 32.2. The number of para-hydroxylation sites is 1. The van der Waals surface area contributed by atoms with Crippen molar-refractivity contribution in [1.29, 1.82) is 0 Å². The van der Waals surface area contributed by atoms with Crippen LogP contribution in [0.1, 0.15) is 34.6 Å². The molecule has 0 aliphatic carbocycles. The zero-order valence-electron chi connectivity index (χ0n) is 22.2. The number of aromatic nitrogens is 3. The fourth-order valence-corrected chi connectivity index (χ4v) is 5.43. The number of likely N-dealkylation sites (N-methyl/N-ethyl adjacent to an activating group) is 1. The SMILES string of the molecule is C[C@@H]1CN([C@@H](C)CO)C(=O)c2cccc(NC(=O)c3ccncc3)c2O[C@H]1CN(C)S(=O)(=O)c1cn(C)cn1. The summed E-state index contributed by atoms with van der Waals surface area (Å²) >= 11 is 0. The molecule has 0 spiro atoms. The molecule has 1 aromatic carbocycles. The number of nitrogens with zero attached hydrogens (tertiary/aromatic N) is 5. The van der Waals surface area contributed by atoms with Gasteiger partial charge in [-0.2, -0.15) is 4.31 Å². The Labute approximate surface area is 227 Å². The molecule has 3 heterocycles. The van der Waals surface area contributed by atoms with E-state index in [4.69, 9.17) is 4.74 Å². The zero-order chi connectivity index (χ0) is 28.3. The maximum Gasteiger partial charge on any atom is 0.261 e. The molecule has 0 fully saturated rings. The number of anilines is 1. The molecular weight excluding hydrogens is 524 g/mol. The molecule has 208 valence electrons. The van der Waals surface area contributed by atoms with Gasteiger partial charge in [-0.15, -0.1) is 0 Å². The Morgan fingerprint density at radius 1 is 1.28 bits per heavy atom. The van der Waals surface area contributed by atoms with Crippen LogP contribution in [-0.2, 0) is 17.1 Å². The number of sulfonamides is 1. The van der Waals surface area contributed by atoms with Gasteiger partial charge in [0.2, 0.25) is 0 Å². The second-order valence-electron chi connectivity index (χ2n) is 9.66. The van der Waals surface area contributed by atoms with E-state index in [0.29, 0.717) is 5.56 Å². The van der Waals surface area contributed by atoms with Gasteiger partial charge in [-0.25, -0.2) is 13.4 Å². The molecule has 4 rings (SSSR count). The lowest BCUT2D eigenvalue weighted by Gasteiger charge is -2.38. The number of carbonyl (C=O) groups is 2. The average Bonchev–Trinajstić information content (AvgIpc) is 3.38. The third kappa shape index (κ3) is 5.95. The van der Waals surface area contributed by atoms with Crippen LogP contribution in [0.15, 0.2) is 60.3 Å². The molecule has 13 heteroatoms. The Balaban J connectivity index is 1.73. The smallest absolute Gasteiger partial charge is 0.261 e. The van der Waals surface area contributed by atoms with E-state index >= 15 is 0 Å². The largest absolute Gasteiger partial charge is 0.486 e. The van der Waals surface area contributed by atoms with Gasteiger partial charge in [0, 0.05) is 50.7 Å². The Hall–Kier alpha value is -3.81. The molecule has 1 aliphatic rings. The monoisotopic (exact) mass is 556 g/mol. The molecule has 0 unspecified atom stereocenters. The first-order valence-electron chi connectivity index (χ1n) is 12.4. The molecular formula is C26H32N6O6S. The Bertz CT molecular complexity index is 1440. The minimum atomic E-state index is -3.92. The predicted octanol–water partition coefficient (Wildman–Crippen LogP) is 1.61. The average molecular weight is 557 g/mol. The lowest BCUT2D eigenvalue weighted by molar-refractivity contribution is 0.0388. The zero-order valence-corrected chi connectivity index (χ0v) is 23.0. The summed E-state index contributed by atoms with van der Waals surface area (Å²) in [6.07, 6.45) is 5.10. The first kappa shape index (κ1) is 28.2. The quantitative estimate of drug-likeness (QED) is 0.425. The van der Waals surface area contributed by atoms with Crippen LogP contribution in [-0.4, -0.2) is 88.0 Å². The van der Waals surface area contributed by atoms with Gasteiger partial charge in [-0.3, -0.25) is 14.6 Å². The van der Waals surface area contributed by atoms with E-state index in [1.54, 1.807) is 53.8 Å². The number of benzene rings is 1. The Morgan fingerprint density at radius 3 is 2.64 bits per heavy atom. The number of hydrogen-bond acceptors (Lipinski definition) is 8. The topological polar surface area (TPSA) is 147 Å². The molecule has 0 bridgehead atoms. The van der Waals surface area contributed by atoms with Gasteiger partial charge in [-0.05, 0) is 31.2 Å². The van der Waals surface area contributed by atoms with Crippen molar-refractivity contribution < 1.29 is 27.9 Å². The highest BCUT2D eigenvalue weighted by Crippen LogP contribution is 2.35. The number of imidazole rings is 1. The summed E-state index contributed by atoms with van der Waals surface area (Å²) in [6.45, 7) is 3.48. The molecule has 39 heavy (non-hydrogen) atoms. The van der Waals surface area contributed by atoms with Gasteiger partial charge < -0.3 is 24.6 Å². The number of nitrogens with one attached hydrogen (secondary N) is 1. The summed E-state index contributed by atoms with van der Waals surface area (Å²) < 4.78 is 35.5. The fourth-order valence-electron chi connectivity index (χ4n) is 4.29. The van der Waals surface area contributed by atoms with E-state index in [1.807, 2.05) is 6.92 Å². The minimum absolute atomic E-state index is 0.0539. The first-order chi connectivity index (χ1) is 18.5. The standard InChI is InChI=1S/C26H32N6O6S/c1-17-12-32(18(2)15-33)26(35)20-6-5-7-21(29-25(34)19-8-10-27-11-9-19)24(20)38-22(17)13-31(4)39(36,37)23-14-30(3)16-28-23/h5-11,14,16-18,22,33H,12-13,15H2,1-4H3,(H,29,34)/t17-,18+,22+/m1/s1. The molecule has 0 saturated carbocycles. The first-order valence-corrected chi connectivity index (χ1v) is 13.8. The van der Waals surface area contributed by atoms with Crippen molar-refractivity contribution in [3.05, 3.63) is 66.4 Å². The number of aliphatic hydroxyl groups excluding tert-OH is 1. The number of pyridine rings is 1. The molecule has 0 saturated heterocycles.